The highest BCUT2D eigenvalue weighted by molar-refractivity contribution is 5.47. The summed E-state index contributed by atoms with van der Waals surface area (Å²) in [6.07, 6.45) is 1.71. The minimum atomic E-state index is -0.600. The molecule has 25 heavy (non-hydrogen) atoms. The summed E-state index contributed by atoms with van der Waals surface area (Å²) >= 11 is 0. The predicted molar refractivity (Wildman–Crippen MR) is 102 cm³/mol. The molecule has 0 aliphatic carbocycles. The lowest BCUT2D eigenvalue weighted by Crippen LogP contribution is -2.55. The van der Waals surface area contributed by atoms with Crippen molar-refractivity contribution in [2.45, 2.75) is 71.0 Å². The van der Waals surface area contributed by atoms with Crippen molar-refractivity contribution in [2.75, 3.05) is 0 Å². The van der Waals surface area contributed by atoms with Crippen LogP contribution in [0, 0.1) is 13.8 Å². The van der Waals surface area contributed by atoms with Gasteiger partial charge in [0.1, 0.15) is 11.5 Å². The first-order valence-corrected chi connectivity index (χ1v) is 9.21. The molecule has 2 nitrogen and oxygen atoms in total. The van der Waals surface area contributed by atoms with Gasteiger partial charge in [-0.2, -0.15) is 0 Å². The molecule has 2 heterocycles. The maximum absolute atomic E-state index is 6.55. The molecule has 4 rings (SSSR count). The molecule has 2 aliphatic rings. The lowest BCUT2D eigenvalue weighted by atomic mass is 9.69. The van der Waals surface area contributed by atoms with Gasteiger partial charge in [0.15, 0.2) is 0 Å². The van der Waals surface area contributed by atoms with E-state index >= 15 is 0 Å². The third kappa shape index (κ3) is 2.63. The van der Waals surface area contributed by atoms with Gasteiger partial charge in [0.05, 0.1) is 0 Å². The molecule has 0 radical (unpaired) electrons. The molecule has 2 aliphatic heterocycles. The molecule has 0 saturated carbocycles. The van der Waals surface area contributed by atoms with Gasteiger partial charge in [0.2, 0.25) is 0 Å². The summed E-state index contributed by atoms with van der Waals surface area (Å²) in [6.45, 7) is 13.5. The second kappa shape index (κ2) is 5.03. The van der Waals surface area contributed by atoms with E-state index in [1.54, 1.807) is 0 Å². The average Bonchev–Trinajstić information content (AvgIpc) is 2.48. The molecule has 0 saturated heterocycles. The van der Waals surface area contributed by atoms with Gasteiger partial charge in [-0.3, -0.25) is 0 Å². The highest BCUT2D eigenvalue weighted by atomic mass is 16.7. The Balaban J connectivity index is 1.82. The highest BCUT2D eigenvalue weighted by Gasteiger charge is 2.53. The van der Waals surface area contributed by atoms with Crippen LogP contribution < -0.4 is 9.47 Å². The molecule has 0 N–H and O–H groups in total. The Kier molecular flexibility index (Phi) is 3.32. The third-order valence-electron chi connectivity index (χ3n) is 5.74. The zero-order valence-corrected chi connectivity index (χ0v) is 16.2. The van der Waals surface area contributed by atoms with E-state index in [0.717, 1.165) is 24.3 Å². The van der Waals surface area contributed by atoms with Gasteiger partial charge < -0.3 is 9.47 Å². The summed E-state index contributed by atoms with van der Waals surface area (Å²) in [6, 6.07) is 13.0. The smallest absolute Gasteiger partial charge is 0.252 e. The molecule has 2 aromatic rings. The van der Waals surface area contributed by atoms with Crippen molar-refractivity contribution in [1.29, 1.82) is 0 Å². The number of hydrogen-bond acceptors (Lipinski definition) is 2. The maximum atomic E-state index is 6.55. The number of fused-ring (bicyclic) bond motifs is 2. The van der Waals surface area contributed by atoms with Gasteiger partial charge in [-0.25, -0.2) is 0 Å². The highest BCUT2D eigenvalue weighted by Crippen LogP contribution is 2.53. The van der Waals surface area contributed by atoms with E-state index in [1.165, 1.54) is 22.3 Å². The zero-order valence-electron chi connectivity index (χ0n) is 16.2. The van der Waals surface area contributed by atoms with Crippen molar-refractivity contribution in [3.8, 4) is 11.5 Å². The van der Waals surface area contributed by atoms with Gasteiger partial charge in [0, 0.05) is 34.8 Å². The first-order valence-electron chi connectivity index (χ1n) is 9.21. The number of hydrogen-bond donors (Lipinski definition) is 0. The van der Waals surface area contributed by atoms with Gasteiger partial charge >= 0.3 is 0 Å². The molecule has 0 unspecified atom stereocenters. The molecule has 0 aromatic heterocycles. The Morgan fingerprint density at radius 2 is 1.08 bits per heavy atom. The van der Waals surface area contributed by atoms with E-state index in [9.17, 15) is 0 Å². The molecule has 0 amide bonds. The Hall–Kier alpha value is -1.96. The van der Waals surface area contributed by atoms with Crippen LogP contribution in [-0.2, 0) is 10.8 Å². The first-order chi connectivity index (χ1) is 11.6. The molecule has 2 aromatic carbocycles. The number of aryl methyl sites for hydroxylation is 2. The van der Waals surface area contributed by atoms with Crippen LogP contribution in [0.25, 0.3) is 0 Å². The quantitative estimate of drug-likeness (QED) is 0.603. The molecular weight excluding hydrogens is 308 g/mol. The van der Waals surface area contributed by atoms with Gasteiger partial charge in [0.25, 0.3) is 5.79 Å². The summed E-state index contributed by atoms with van der Waals surface area (Å²) < 4.78 is 13.1. The summed E-state index contributed by atoms with van der Waals surface area (Å²) in [5, 5.41) is 0. The van der Waals surface area contributed by atoms with E-state index in [4.69, 9.17) is 9.47 Å². The standard InChI is InChI=1S/C23H28O2/c1-15-7-9-19-17(11-15)21(3,4)13-23(24-19)14-22(5,6)18-12-16(2)8-10-20(18)25-23/h7-12H,13-14H2,1-6H3. The number of benzene rings is 2. The second-order valence-corrected chi connectivity index (χ2v) is 9.24. The second-order valence-electron chi connectivity index (χ2n) is 9.24. The van der Waals surface area contributed by atoms with Crippen LogP contribution in [-0.4, -0.2) is 5.79 Å². The Morgan fingerprint density at radius 1 is 0.680 bits per heavy atom. The lowest BCUT2D eigenvalue weighted by Gasteiger charge is -2.51. The summed E-state index contributed by atoms with van der Waals surface area (Å²) in [4.78, 5) is 0. The van der Waals surface area contributed by atoms with Crippen molar-refractivity contribution in [2.24, 2.45) is 0 Å². The monoisotopic (exact) mass is 336 g/mol. The van der Waals surface area contributed by atoms with Crippen LogP contribution in [0.5, 0.6) is 11.5 Å². The minimum Gasteiger partial charge on any atom is -0.452 e. The van der Waals surface area contributed by atoms with Crippen molar-refractivity contribution >= 4 is 0 Å². The molecule has 0 fully saturated rings. The Morgan fingerprint density at radius 3 is 1.48 bits per heavy atom. The minimum absolute atomic E-state index is 0.0118. The van der Waals surface area contributed by atoms with Crippen molar-refractivity contribution in [1.82, 2.24) is 0 Å². The summed E-state index contributed by atoms with van der Waals surface area (Å²) in [7, 11) is 0. The van der Waals surface area contributed by atoms with E-state index in [-0.39, 0.29) is 10.8 Å². The molecule has 0 bridgehead atoms. The van der Waals surface area contributed by atoms with E-state index in [1.807, 2.05) is 0 Å². The molecule has 0 atom stereocenters. The fourth-order valence-corrected chi connectivity index (χ4v) is 4.69. The van der Waals surface area contributed by atoms with Crippen LogP contribution in [0.1, 0.15) is 62.8 Å². The van der Waals surface area contributed by atoms with Crippen LogP contribution in [0.3, 0.4) is 0 Å². The summed E-state index contributed by atoms with van der Waals surface area (Å²) in [5.41, 5.74) is 5.15. The zero-order chi connectivity index (χ0) is 18.0. The van der Waals surface area contributed by atoms with Gasteiger partial charge in [-0.05, 0) is 26.0 Å². The SMILES string of the molecule is Cc1ccc2c(c1)C(C)(C)CC1(CC(C)(C)c3cc(C)ccc3O1)O2. The van der Waals surface area contributed by atoms with Crippen molar-refractivity contribution in [3.05, 3.63) is 58.7 Å². The van der Waals surface area contributed by atoms with E-state index in [0.29, 0.717) is 0 Å². The third-order valence-corrected chi connectivity index (χ3v) is 5.74. The molecule has 1 spiro atoms. The Bertz CT molecular complexity index is 774. The number of rotatable bonds is 0. The van der Waals surface area contributed by atoms with E-state index < -0.39 is 5.79 Å². The van der Waals surface area contributed by atoms with E-state index in [2.05, 4.69) is 77.9 Å². The summed E-state index contributed by atoms with van der Waals surface area (Å²) in [5.74, 6) is 1.33. The first kappa shape index (κ1) is 16.5. The van der Waals surface area contributed by atoms with Crippen LogP contribution in [0.15, 0.2) is 36.4 Å². The molecule has 132 valence electrons. The lowest BCUT2D eigenvalue weighted by molar-refractivity contribution is -0.166. The van der Waals surface area contributed by atoms with Crippen LogP contribution >= 0.6 is 0 Å². The molecule has 2 heteroatoms. The van der Waals surface area contributed by atoms with Crippen LogP contribution in [0.2, 0.25) is 0 Å². The van der Waals surface area contributed by atoms with Crippen molar-refractivity contribution < 1.29 is 9.47 Å². The average molecular weight is 336 g/mol. The fourth-order valence-electron chi connectivity index (χ4n) is 4.69. The Labute approximate surface area is 151 Å². The van der Waals surface area contributed by atoms with Gasteiger partial charge in [-0.1, -0.05) is 63.1 Å². The maximum Gasteiger partial charge on any atom is 0.252 e. The predicted octanol–water partition coefficient (Wildman–Crippen LogP) is 5.82. The molecular formula is C23H28O2. The largest absolute Gasteiger partial charge is 0.452 e. The number of ether oxygens (including phenoxy) is 2. The normalized spacial score (nSPS) is 21.7. The topological polar surface area (TPSA) is 18.5 Å². The van der Waals surface area contributed by atoms with Crippen LogP contribution in [0.4, 0.5) is 0 Å². The fraction of sp³-hybridized carbons (Fsp3) is 0.478. The van der Waals surface area contributed by atoms with Gasteiger partial charge in [-0.15, -0.1) is 0 Å². The van der Waals surface area contributed by atoms with Crippen molar-refractivity contribution in [3.63, 3.8) is 0 Å².